The number of alkyl halides is 2. The number of benzene rings is 1. The van der Waals surface area contributed by atoms with Gasteiger partial charge in [-0.2, -0.15) is 8.78 Å². The average Bonchev–Trinajstić information content (AvgIpc) is 2.82. The van der Waals surface area contributed by atoms with Gasteiger partial charge in [0.15, 0.2) is 0 Å². The minimum atomic E-state index is -2.86. The van der Waals surface area contributed by atoms with Gasteiger partial charge in [-0.3, -0.25) is 4.79 Å². The Bertz CT molecular complexity index is 510. The number of hydrogen-bond acceptors (Lipinski definition) is 3. The highest BCUT2D eigenvalue weighted by molar-refractivity contribution is 5.79. The minimum absolute atomic E-state index is 0.0126. The van der Waals surface area contributed by atoms with Gasteiger partial charge in [0, 0.05) is 13.1 Å². The zero-order valence-electron chi connectivity index (χ0n) is 12.0. The maximum atomic E-state index is 12.2. The maximum absolute atomic E-state index is 12.2. The molecular weight excluding hydrogens is 278 g/mol. The van der Waals surface area contributed by atoms with Gasteiger partial charge in [0.05, 0.1) is 6.42 Å². The Morgan fingerprint density at radius 3 is 2.90 bits per heavy atom. The molecule has 1 heterocycles. The van der Waals surface area contributed by atoms with Gasteiger partial charge < -0.3 is 15.4 Å². The van der Waals surface area contributed by atoms with E-state index in [-0.39, 0.29) is 23.5 Å². The Kier molecular flexibility index (Phi) is 4.77. The molecule has 1 fully saturated rings. The second-order valence-electron chi connectivity index (χ2n) is 5.78. The number of rotatable bonds is 5. The quantitative estimate of drug-likeness (QED) is 0.905. The third-order valence-corrected chi connectivity index (χ3v) is 3.88. The summed E-state index contributed by atoms with van der Waals surface area (Å²) in [5.74, 6) is 0.0601. The van der Waals surface area contributed by atoms with Gasteiger partial charge in [0.1, 0.15) is 5.75 Å². The van der Waals surface area contributed by atoms with Gasteiger partial charge in [-0.1, -0.05) is 19.1 Å². The number of nitrogens with zero attached hydrogens (tertiary/aromatic N) is 1. The number of nitrogens with two attached hydrogens (primary N) is 1. The van der Waals surface area contributed by atoms with E-state index < -0.39 is 6.61 Å². The van der Waals surface area contributed by atoms with Crippen molar-refractivity contribution in [1.82, 2.24) is 4.90 Å². The van der Waals surface area contributed by atoms with Gasteiger partial charge in [-0.25, -0.2) is 0 Å². The van der Waals surface area contributed by atoms with Crippen LogP contribution in [0.15, 0.2) is 24.3 Å². The van der Waals surface area contributed by atoms with Crippen LogP contribution in [0.5, 0.6) is 5.75 Å². The number of likely N-dealkylation sites (tertiary alicyclic amines) is 1. The molecule has 1 aliphatic heterocycles. The lowest BCUT2D eigenvalue weighted by Gasteiger charge is -2.22. The molecule has 6 heteroatoms. The molecule has 1 aromatic carbocycles. The lowest BCUT2D eigenvalue weighted by atomic mass is 9.90. The molecule has 2 rings (SSSR count). The van der Waals surface area contributed by atoms with Crippen molar-refractivity contribution < 1.29 is 18.3 Å². The smallest absolute Gasteiger partial charge is 0.387 e. The molecule has 0 aromatic heterocycles. The molecule has 1 aromatic rings. The van der Waals surface area contributed by atoms with Crippen LogP contribution >= 0.6 is 0 Å². The van der Waals surface area contributed by atoms with E-state index in [0.717, 1.165) is 6.42 Å². The normalized spacial score (nSPS) is 21.9. The van der Waals surface area contributed by atoms with E-state index in [9.17, 15) is 13.6 Å². The number of carbonyl (C=O) groups excluding carboxylic acids is 1. The van der Waals surface area contributed by atoms with Crippen molar-refractivity contribution in [3.63, 3.8) is 0 Å². The second kappa shape index (κ2) is 6.39. The van der Waals surface area contributed by atoms with Crippen LogP contribution in [-0.2, 0) is 11.2 Å². The monoisotopic (exact) mass is 298 g/mol. The zero-order chi connectivity index (χ0) is 15.5. The van der Waals surface area contributed by atoms with E-state index in [2.05, 4.69) is 11.7 Å². The number of halogens is 2. The lowest BCUT2D eigenvalue weighted by Crippen LogP contribution is -2.35. The van der Waals surface area contributed by atoms with Crippen molar-refractivity contribution in [3.05, 3.63) is 29.8 Å². The molecule has 1 amide bonds. The summed E-state index contributed by atoms with van der Waals surface area (Å²) in [5.41, 5.74) is 6.37. The summed E-state index contributed by atoms with van der Waals surface area (Å²) in [6.07, 6.45) is 1.07. The Morgan fingerprint density at radius 1 is 1.52 bits per heavy atom. The Hall–Kier alpha value is -1.69. The van der Waals surface area contributed by atoms with E-state index in [1.165, 1.54) is 12.1 Å². The minimum Gasteiger partial charge on any atom is -0.435 e. The van der Waals surface area contributed by atoms with Crippen LogP contribution in [0.3, 0.4) is 0 Å². The molecule has 116 valence electrons. The standard InChI is InChI=1S/C15H20F2N2O2/c1-15(9-18)5-6-19(10-15)13(20)8-11-3-2-4-12(7-11)21-14(16)17/h2-4,7,14H,5-6,8-10,18H2,1H3. The van der Waals surface area contributed by atoms with E-state index in [1.54, 1.807) is 17.0 Å². The predicted octanol–water partition coefficient (Wildman–Crippen LogP) is 2.03. The molecule has 2 N–H and O–H groups in total. The summed E-state index contributed by atoms with van der Waals surface area (Å²) < 4.78 is 28.7. The maximum Gasteiger partial charge on any atom is 0.387 e. The van der Waals surface area contributed by atoms with Crippen LogP contribution in [0, 0.1) is 5.41 Å². The Balaban J connectivity index is 1.97. The zero-order valence-corrected chi connectivity index (χ0v) is 12.0. The van der Waals surface area contributed by atoms with Crippen molar-refractivity contribution >= 4 is 5.91 Å². The third kappa shape index (κ3) is 4.14. The summed E-state index contributed by atoms with van der Waals surface area (Å²) in [6, 6.07) is 6.26. The topological polar surface area (TPSA) is 55.6 Å². The van der Waals surface area contributed by atoms with E-state index in [4.69, 9.17) is 5.73 Å². The van der Waals surface area contributed by atoms with Crippen LogP contribution in [0.4, 0.5) is 8.78 Å². The van der Waals surface area contributed by atoms with Gasteiger partial charge >= 0.3 is 6.61 Å². The second-order valence-corrected chi connectivity index (χ2v) is 5.78. The van der Waals surface area contributed by atoms with Crippen LogP contribution in [-0.4, -0.2) is 37.1 Å². The van der Waals surface area contributed by atoms with Crippen LogP contribution < -0.4 is 10.5 Å². The summed E-state index contributed by atoms with van der Waals surface area (Å²) in [7, 11) is 0. The van der Waals surface area contributed by atoms with Crippen molar-refractivity contribution in [2.24, 2.45) is 11.1 Å². The molecule has 0 saturated carbocycles. The lowest BCUT2D eigenvalue weighted by molar-refractivity contribution is -0.129. The summed E-state index contributed by atoms with van der Waals surface area (Å²) in [4.78, 5) is 14.0. The predicted molar refractivity (Wildman–Crippen MR) is 75.1 cm³/mol. The van der Waals surface area contributed by atoms with E-state index >= 15 is 0 Å². The fourth-order valence-corrected chi connectivity index (χ4v) is 2.52. The molecule has 1 atom stereocenters. The Morgan fingerprint density at radius 2 is 2.29 bits per heavy atom. The molecule has 0 spiro atoms. The average molecular weight is 298 g/mol. The fourth-order valence-electron chi connectivity index (χ4n) is 2.52. The van der Waals surface area contributed by atoms with Gasteiger partial charge in [-0.15, -0.1) is 0 Å². The molecule has 0 aliphatic carbocycles. The number of carbonyl (C=O) groups is 1. The largest absolute Gasteiger partial charge is 0.435 e. The summed E-state index contributed by atoms with van der Waals surface area (Å²) >= 11 is 0. The van der Waals surface area contributed by atoms with Gasteiger partial charge in [0.2, 0.25) is 5.91 Å². The fraction of sp³-hybridized carbons (Fsp3) is 0.533. The highest BCUT2D eigenvalue weighted by Crippen LogP contribution is 2.29. The SMILES string of the molecule is CC1(CN)CCN(C(=O)Cc2cccc(OC(F)F)c2)C1. The first-order valence-corrected chi connectivity index (χ1v) is 6.93. The van der Waals surface area contributed by atoms with Crippen molar-refractivity contribution in [1.29, 1.82) is 0 Å². The molecule has 21 heavy (non-hydrogen) atoms. The first kappa shape index (κ1) is 15.7. The van der Waals surface area contributed by atoms with Crippen molar-refractivity contribution in [2.45, 2.75) is 26.4 Å². The van der Waals surface area contributed by atoms with Gasteiger partial charge in [-0.05, 0) is 36.1 Å². The highest BCUT2D eigenvalue weighted by Gasteiger charge is 2.34. The molecule has 1 unspecified atom stereocenters. The van der Waals surface area contributed by atoms with Crippen LogP contribution in [0.2, 0.25) is 0 Å². The molecule has 0 bridgehead atoms. The summed E-state index contributed by atoms with van der Waals surface area (Å²) in [5, 5.41) is 0. The van der Waals surface area contributed by atoms with Crippen molar-refractivity contribution in [2.75, 3.05) is 19.6 Å². The molecule has 0 radical (unpaired) electrons. The molecular formula is C15H20F2N2O2. The number of hydrogen-bond donors (Lipinski definition) is 1. The first-order chi connectivity index (χ1) is 9.92. The summed E-state index contributed by atoms with van der Waals surface area (Å²) in [6.45, 7) is 1.10. The van der Waals surface area contributed by atoms with E-state index in [1.807, 2.05) is 0 Å². The molecule has 4 nitrogen and oxygen atoms in total. The van der Waals surface area contributed by atoms with Crippen LogP contribution in [0.25, 0.3) is 0 Å². The third-order valence-electron chi connectivity index (χ3n) is 3.88. The highest BCUT2D eigenvalue weighted by atomic mass is 19.3. The number of amides is 1. The van der Waals surface area contributed by atoms with Gasteiger partial charge in [0.25, 0.3) is 0 Å². The molecule has 1 aliphatic rings. The Labute approximate surface area is 122 Å². The van der Waals surface area contributed by atoms with Crippen molar-refractivity contribution in [3.8, 4) is 5.75 Å². The molecule has 1 saturated heterocycles. The number of ether oxygens (including phenoxy) is 1. The van der Waals surface area contributed by atoms with Crippen LogP contribution in [0.1, 0.15) is 18.9 Å². The van der Waals surface area contributed by atoms with E-state index in [0.29, 0.717) is 25.2 Å². The first-order valence-electron chi connectivity index (χ1n) is 6.93.